The van der Waals surface area contributed by atoms with Crippen molar-refractivity contribution in [2.45, 2.75) is 25.9 Å². The van der Waals surface area contributed by atoms with Crippen LogP contribution in [0.15, 0.2) is 22.7 Å². The molecule has 0 spiro atoms. The third kappa shape index (κ3) is 3.28. The monoisotopic (exact) mass is 288 g/mol. The van der Waals surface area contributed by atoms with E-state index in [1.165, 1.54) is 12.1 Å². The summed E-state index contributed by atoms with van der Waals surface area (Å²) < 4.78 is 13.5. The quantitative estimate of drug-likeness (QED) is 0.890. The van der Waals surface area contributed by atoms with E-state index >= 15 is 0 Å². The highest BCUT2D eigenvalue weighted by Crippen LogP contribution is 2.18. The van der Waals surface area contributed by atoms with E-state index < -0.39 is 11.4 Å². The van der Waals surface area contributed by atoms with Crippen LogP contribution in [0.25, 0.3) is 0 Å². The predicted molar refractivity (Wildman–Crippen MR) is 64.2 cm³/mol. The van der Waals surface area contributed by atoms with Crippen molar-refractivity contribution in [1.82, 2.24) is 5.32 Å². The Morgan fingerprint density at radius 1 is 1.56 bits per heavy atom. The molecule has 3 N–H and O–H groups in total. The Kier molecular flexibility index (Phi) is 4.04. The highest BCUT2D eigenvalue weighted by Gasteiger charge is 2.23. The second kappa shape index (κ2) is 4.93. The Morgan fingerprint density at radius 2 is 2.19 bits per heavy atom. The van der Waals surface area contributed by atoms with E-state index in [-0.39, 0.29) is 5.82 Å². The summed E-state index contributed by atoms with van der Waals surface area (Å²) >= 11 is 3.26. The first-order valence-electron chi connectivity index (χ1n) is 4.82. The molecule has 0 saturated carbocycles. The van der Waals surface area contributed by atoms with Gasteiger partial charge in [-0.3, -0.25) is 10.1 Å². The molecule has 0 aromatic heterocycles. The summed E-state index contributed by atoms with van der Waals surface area (Å²) in [7, 11) is 0. The minimum atomic E-state index is -0.784. The summed E-state index contributed by atoms with van der Waals surface area (Å²) in [5, 5.41) is 3.01. The lowest BCUT2D eigenvalue weighted by molar-refractivity contribution is -0.123. The number of carbonyl (C=O) groups is 1. The van der Waals surface area contributed by atoms with Gasteiger partial charge in [-0.05, 0) is 31.5 Å². The van der Waals surface area contributed by atoms with E-state index in [9.17, 15) is 9.18 Å². The van der Waals surface area contributed by atoms with E-state index in [1.807, 2.05) is 0 Å². The van der Waals surface area contributed by atoms with Crippen LogP contribution in [0.4, 0.5) is 4.39 Å². The van der Waals surface area contributed by atoms with Crippen LogP contribution in [0.5, 0.6) is 0 Å². The van der Waals surface area contributed by atoms with Gasteiger partial charge in [-0.25, -0.2) is 4.39 Å². The molecule has 0 bridgehead atoms. The Bertz CT molecular complexity index is 407. The van der Waals surface area contributed by atoms with Crippen LogP contribution in [0.2, 0.25) is 0 Å². The zero-order valence-corrected chi connectivity index (χ0v) is 10.8. The third-order valence-corrected chi connectivity index (χ3v) is 3.09. The molecule has 1 aromatic rings. The van der Waals surface area contributed by atoms with E-state index in [4.69, 9.17) is 5.73 Å². The van der Waals surface area contributed by atoms with Crippen molar-refractivity contribution >= 4 is 21.8 Å². The number of carbonyl (C=O) groups excluding carboxylic acids is 1. The minimum Gasteiger partial charge on any atom is -0.368 e. The molecule has 0 atom stereocenters. The Hall–Kier alpha value is -0.940. The van der Waals surface area contributed by atoms with Crippen LogP contribution >= 0.6 is 15.9 Å². The number of nitrogens with one attached hydrogen (secondary N) is 1. The van der Waals surface area contributed by atoms with Gasteiger partial charge < -0.3 is 5.73 Å². The Morgan fingerprint density at radius 3 is 2.69 bits per heavy atom. The lowest BCUT2D eigenvalue weighted by atomic mass is 10.0. The third-order valence-electron chi connectivity index (χ3n) is 2.35. The van der Waals surface area contributed by atoms with Crippen molar-refractivity contribution in [1.29, 1.82) is 0 Å². The maximum absolute atomic E-state index is 12.8. The molecule has 1 amide bonds. The number of halogens is 2. The highest BCUT2D eigenvalue weighted by molar-refractivity contribution is 9.10. The number of nitrogens with two attached hydrogens (primary N) is 1. The number of benzene rings is 1. The summed E-state index contributed by atoms with van der Waals surface area (Å²) in [6.07, 6.45) is 0. The van der Waals surface area contributed by atoms with E-state index in [0.717, 1.165) is 5.56 Å². The number of amides is 1. The van der Waals surface area contributed by atoms with Gasteiger partial charge in [0.15, 0.2) is 0 Å². The van der Waals surface area contributed by atoms with Crippen LogP contribution in [-0.2, 0) is 11.3 Å². The highest BCUT2D eigenvalue weighted by atomic mass is 79.9. The molecule has 0 unspecified atom stereocenters. The van der Waals surface area contributed by atoms with Crippen molar-refractivity contribution < 1.29 is 9.18 Å². The molecule has 1 rings (SSSR count). The van der Waals surface area contributed by atoms with Gasteiger partial charge >= 0.3 is 0 Å². The second-order valence-corrected chi connectivity index (χ2v) is 4.93. The Labute approximate surface area is 102 Å². The topological polar surface area (TPSA) is 55.1 Å². The van der Waals surface area contributed by atoms with E-state index in [2.05, 4.69) is 21.2 Å². The second-order valence-electron chi connectivity index (χ2n) is 4.08. The molecule has 3 nitrogen and oxygen atoms in total. The molecule has 0 fully saturated rings. The summed E-state index contributed by atoms with van der Waals surface area (Å²) in [5.74, 6) is -0.726. The number of rotatable bonds is 4. The summed E-state index contributed by atoms with van der Waals surface area (Å²) in [6.45, 7) is 3.84. The van der Waals surface area contributed by atoms with Gasteiger partial charge in [0.1, 0.15) is 5.82 Å². The molecule has 0 radical (unpaired) electrons. The van der Waals surface area contributed by atoms with Gasteiger partial charge in [0.25, 0.3) is 0 Å². The maximum atomic E-state index is 12.8. The van der Waals surface area contributed by atoms with Crippen LogP contribution in [-0.4, -0.2) is 11.4 Å². The first-order valence-corrected chi connectivity index (χ1v) is 5.61. The lowest BCUT2D eigenvalue weighted by Crippen LogP contribution is -2.50. The normalized spacial score (nSPS) is 11.5. The molecule has 0 aliphatic heterocycles. The van der Waals surface area contributed by atoms with Gasteiger partial charge in [-0.1, -0.05) is 22.0 Å². The first kappa shape index (κ1) is 13.1. The van der Waals surface area contributed by atoms with Crippen molar-refractivity contribution in [2.24, 2.45) is 5.73 Å². The van der Waals surface area contributed by atoms with Gasteiger partial charge in [-0.2, -0.15) is 0 Å². The molecule has 0 saturated heterocycles. The molecule has 0 aliphatic rings. The number of hydrogen-bond acceptors (Lipinski definition) is 2. The molecule has 0 heterocycles. The lowest BCUT2D eigenvalue weighted by Gasteiger charge is -2.22. The van der Waals surface area contributed by atoms with E-state index in [1.54, 1.807) is 19.9 Å². The first-order chi connectivity index (χ1) is 7.33. The fraction of sp³-hybridized carbons (Fsp3) is 0.364. The van der Waals surface area contributed by atoms with Crippen LogP contribution in [0, 0.1) is 5.82 Å². The van der Waals surface area contributed by atoms with E-state index in [0.29, 0.717) is 11.0 Å². The predicted octanol–water partition coefficient (Wildman–Crippen LogP) is 1.94. The van der Waals surface area contributed by atoms with Gasteiger partial charge in [0.2, 0.25) is 5.91 Å². The molecule has 16 heavy (non-hydrogen) atoms. The fourth-order valence-electron chi connectivity index (χ4n) is 1.07. The SMILES string of the molecule is CC(C)(NCc1ccc(F)cc1Br)C(N)=O. The van der Waals surface area contributed by atoms with Crippen LogP contribution in [0.1, 0.15) is 19.4 Å². The molecule has 5 heteroatoms. The standard InChI is InChI=1S/C11H14BrFN2O/c1-11(2,10(14)16)15-6-7-3-4-8(13)5-9(7)12/h3-5,15H,6H2,1-2H3,(H2,14,16). The minimum absolute atomic E-state index is 0.301. The van der Waals surface area contributed by atoms with Gasteiger partial charge in [0, 0.05) is 11.0 Å². The summed E-state index contributed by atoms with van der Waals surface area (Å²) in [5.41, 5.74) is 5.31. The summed E-state index contributed by atoms with van der Waals surface area (Å²) in [6, 6.07) is 4.41. The van der Waals surface area contributed by atoms with Crippen molar-refractivity contribution in [3.8, 4) is 0 Å². The molecular formula is C11H14BrFN2O. The molecule has 88 valence electrons. The van der Waals surface area contributed by atoms with Gasteiger partial charge in [0.05, 0.1) is 5.54 Å². The van der Waals surface area contributed by atoms with Gasteiger partial charge in [-0.15, -0.1) is 0 Å². The summed E-state index contributed by atoms with van der Waals surface area (Å²) in [4.78, 5) is 11.1. The fourth-order valence-corrected chi connectivity index (χ4v) is 1.56. The maximum Gasteiger partial charge on any atom is 0.237 e. The number of primary amides is 1. The van der Waals surface area contributed by atoms with Crippen molar-refractivity contribution in [3.63, 3.8) is 0 Å². The zero-order valence-electron chi connectivity index (χ0n) is 9.18. The zero-order chi connectivity index (χ0) is 12.3. The molecule has 0 aliphatic carbocycles. The van der Waals surface area contributed by atoms with Crippen molar-refractivity contribution in [2.75, 3.05) is 0 Å². The van der Waals surface area contributed by atoms with Crippen LogP contribution < -0.4 is 11.1 Å². The van der Waals surface area contributed by atoms with Crippen LogP contribution in [0.3, 0.4) is 0 Å². The average Bonchev–Trinajstić information content (AvgIpc) is 2.16. The molecular weight excluding hydrogens is 275 g/mol. The Balaban J connectivity index is 2.72. The number of hydrogen-bond donors (Lipinski definition) is 2. The average molecular weight is 289 g/mol. The smallest absolute Gasteiger partial charge is 0.237 e. The largest absolute Gasteiger partial charge is 0.368 e. The van der Waals surface area contributed by atoms with Crippen molar-refractivity contribution in [3.05, 3.63) is 34.1 Å². The molecule has 1 aromatic carbocycles.